The van der Waals surface area contributed by atoms with Crippen molar-refractivity contribution in [2.75, 3.05) is 6.54 Å². The molecule has 3 fully saturated rings. The summed E-state index contributed by atoms with van der Waals surface area (Å²) in [5, 5.41) is 14.6. The van der Waals surface area contributed by atoms with Crippen LogP contribution in [0.15, 0.2) is 0 Å². The van der Waals surface area contributed by atoms with Gasteiger partial charge in [-0.3, -0.25) is 4.79 Å². The summed E-state index contributed by atoms with van der Waals surface area (Å²) >= 11 is 0. The fraction of sp³-hybridized carbons (Fsp3) is 0.963. The fourth-order valence-electron chi connectivity index (χ4n) is 6.80. The molecule has 3 rings (SSSR count). The van der Waals surface area contributed by atoms with Crippen LogP contribution in [0.5, 0.6) is 0 Å². The van der Waals surface area contributed by atoms with E-state index in [-0.39, 0.29) is 22.9 Å². The molecule has 1 atom stereocenters. The number of carbonyl (C=O) groups is 1. The third-order valence-corrected chi connectivity index (χ3v) is 7.92. The van der Waals surface area contributed by atoms with Gasteiger partial charge in [-0.2, -0.15) is 0 Å². The second-order valence-corrected chi connectivity index (χ2v) is 12.7. The van der Waals surface area contributed by atoms with Crippen molar-refractivity contribution in [3.63, 3.8) is 0 Å². The number of rotatable bonds is 3. The SMILES string of the molecule is CC(C)C(O)CN1C(=O)C2(CC(C)(C)NC(C)(C)C2)OC12CCCCCCCCCCC2. The number of aliphatic hydroxyl groups excluding tert-OH is 1. The molecule has 1 unspecified atom stereocenters. The number of nitrogens with zero attached hydrogens (tertiary/aromatic N) is 1. The lowest BCUT2D eigenvalue weighted by atomic mass is 9.72. The van der Waals surface area contributed by atoms with Crippen molar-refractivity contribution < 1.29 is 14.6 Å². The smallest absolute Gasteiger partial charge is 0.257 e. The third-order valence-electron chi connectivity index (χ3n) is 7.92. The molecule has 2 spiro atoms. The van der Waals surface area contributed by atoms with Crippen LogP contribution < -0.4 is 5.32 Å². The zero-order chi connectivity index (χ0) is 23.6. The topological polar surface area (TPSA) is 61.8 Å². The van der Waals surface area contributed by atoms with E-state index in [0.717, 1.165) is 25.7 Å². The van der Waals surface area contributed by atoms with Crippen LogP contribution in [0.2, 0.25) is 0 Å². The molecule has 186 valence electrons. The zero-order valence-electron chi connectivity index (χ0n) is 21.8. The average molecular weight is 451 g/mol. The molecule has 3 aliphatic rings. The molecule has 0 aromatic rings. The molecule has 1 aliphatic carbocycles. The lowest BCUT2D eigenvalue weighted by molar-refractivity contribution is -0.179. The van der Waals surface area contributed by atoms with E-state index >= 15 is 0 Å². The summed E-state index contributed by atoms with van der Waals surface area (Å²) in [7, 11) is 0. The number of carbonyl (C=O) groups excluding carboxylic acids is 1. The highest BCUT2D eigenvalue weighted by atomic mass is 16.6. The van der Waals surface area contributed by atoms with Crippen molar-refractivity contribution in [1.82, 2.24) is 10.2 Å². The van der Waals surface area contributed by atoms with Crippen LogP contribution >= 0.6 is 0 Å². The molecule has 2 saturated heterocycles. The standard InChI is InChI=1S/C27H50N2O3/c1-21(2)22(30)18-29-23(31)26(19-24(3,4)28-25(5,6)20-26)32-27(29)16-14-12-10-8-7-9-11-13-15-17-27/h21-22,28,30H,7-20H2,1-6H3. The number of piperidine rings is 1. The van der Waals surface area contributed by atoms with Crippen molar-refractivity contribution in [3.8, 4) is 0 Å². The second-order valence-electron chi connectivity index (χ2n) is 12.7. The minimum Gasteiger partial charge on any atom is -0.391 e. The highest BCUT2D eigenvalue weighted by Gasteiger charge is 2.64. The van der Waals surface area contributed by atoms with Gasteiger partial charge in [-0.15, -0.1) is 0 Å². The van der Waals surface area contributed by atoms with Gasteiger partial charge in [-0.05, 0) is 59.3 Å². The molecular formula is C27H50N2O3. The van der Waals surface area contributed by atoms with Gasteiger partial charge in [0.05, 0.1) is 6.10 Å². The van der Waals surface area contributed by atoms with Crippen LogP contribution in [0.4, 0.5) is 0 Å². The number of amides is 1. The van der Waals surface area contributed by atoms with Gasteiger partial charge >= 0.3 is 0 Å². The molecule has 0 aromatic heterocycles. The summed E-state index contributed by atoms with van der Waals surface area (Å²) in [5.41, 5.74) is -1.74. The van der Waals surface area contributed by atoms with E-state index in [1.165, 1.54) is 44.9 Å². The number of hydrogen-bond acceptors (Lipinski definition) is 4. The molecule has 1 saturated carbocycles. The van der Waals surface area contributed by atoms with Crippen molar-refractivity contribution in [1.29, 1.82) is 0 Å². The van der Waals surface area contributed by atoms with Gasteiger partial charge in [-0.25, -0.2) is 0 Å². The Hall–Kier alpha value is -0.650. The maximum atomic E-state index is 14.2. The maximum Gasteiger partial charge on any atom is 0.257 e. The van der Waals surface area contributed by atoms with Gasteiger partial charge in [0, 0.05) is 30.5 Å². The first-order valence-corrected chi connectivity index (χ1v) is 13.4. The van der Waals surface area contributed by atoms with Gasteiger partial charge in [0.1, 0.15) is 5.72 Å². The Balaban J connectivity index is 1.96. The Labute approximate surface area is 197 Å². The molecule has 0 bridgehead atoms. The Morgan fingerprint density at radius 3 is 1.75 bits per heavy atom. The predicted molar refractivity (Wildman–Crippen MR) is 130 cm³/mol. The summed E-state index contributed by atoms with van der Waals surface area (Å²) in [6, 6.07) is 0. The van der Waals surface area contributed by atoms with Crippen LogP contribution in [0.25, 0.3) is 0 Å². The van der Waals surface area contributed by atoms with E-state index in [2.05, 4.69) is 33.0 Å². The molecule has 5 heteroatoms. The summed E-state index contributed by atoms with van der Waals surface area (Å²) in [5.74, 6) is 0.232. The molecule has 2 heterocycles. The Bertz CT molecular complexity index is 615. The number of ether oxygens (including phenoxy) is 1. The van der Waals surface area contributed by atoms with Gasteiger partial charge < -0.3 is 20.1 Å². The van der Waals surface area contributed by atoms with Crippen molar-refractivity contribution in [2.24, 2.45) is 5.92 Å². The minimum absolute atomic E-state index is 0.114. The second kappa shape index (κ2) is 9.92. The number of β-amino-alcohol motifs (C(OH)–C–C–N with tert-alkyl or cyclic N) is 1. The monoisotopic (exact) mass is 450 g/mol. The first-order chi connectivity index (χ1) is 14.9. The van der Waals surface area contributed by atoms with Crippen LogP contribution in [0.1, 0.15) is 125 Å². The van der Waals surface area contributed by atoms with Crippen LogP contribution in [0, 0.1) is 5.92 Å². The van der Waals surface area contributed by atoms with Crippen LogP contribution in [-0.2, 0) is 9.53 Å². The van der Waals surface area contributed by atoms with Crippen molar-refractivity contribution >= 4 is 5.91 Å². The molecule has 0 radical (unpaired) electrons. The summed E-state index contributed by atoms with van der Waals surface area (Å²) < 4.78 is 7.12. The number of aliphatic hydroxyl groups is 1. The molecule has 5 nitrogen and oxygen atoms in total. The zero-order valence-corrected chi connectivity index (χ0v) is 21.8. The molecule has 32 heavy (non-hydrogen) atoms. The minimum atomic E-state index is -0.800. The van der Waals surface area contributed by atoms with E-state index < -0.39 is 17.4 Å². The molecule has 1 amide bonds. The lowest BCUT2D eigenvalue weighted by Crippen LogP contribution is -2.65. The lowest BCUT2D eigenvalue weighted by Gasteiger charge is -2.50. The first-order valence-electron chi connectivity index (χ1n) is 13.4. The van der Waals surface area contributed by atoms with Gasteiger partial charge in [0.25, 0.3) is 5.91 Å². The summed E-state index contributed by atoms with van der Waals surface area (Å²) in [6.07, 6.45) is 13.7. The Morgan fingerprint density at radius 2 is 1.31 bits per heavy atom. The Kier molecular flexibility index (Phi) is 8.04. The summed E-state index contributed by atoms with van der Waals surface area (Å²) in [4.78, 5) is 16.2. The highest BCUT2D eigenvalue weighted by molar-refractivity contribution is 5.88. The largest absolute Gasteiger partial charge is 0.391 e. The predicted octanol–water partition coefficient (Wildman–Crippen LogP) is 5.54. The molecule has 0 aromatic carbocycles. The van der Waals surface area contributed by atoms with E-state index in [9.17, 15) is 9.90 Å². The maximum absolute atomic E-state index is 14.2. The third kappa shape index (κ3) is 5.88. The van der Waals surface area contributed by atoms with Crippen molar-refractivity contribution in [3.05, 3.63) is 0 Å². The van der Waals surface area contributed by atoms with Gasteiger partial charge in [-0.1, -0.05) is 58.8 Å². The first kappa shape index (κ1) is 26.0. The molecule has 2 N–H and O–H groups in total. The van der Waals surface area contributed by atoms with Crippen LogP contribution in [-0.4, -0.2) is 51.0 Å². The quantitative estimate of drug-likeness (QED) is 0.592. The van der Waals surface area contributed by atoms with Gasteiger partial charge in [0.2, 0.25) is 0 Å². The van der Waals surface area contributed by atoms with E-state index in [1.807, 2.05) is 18.7 Å². The molecular weight excluding hydrogens is 400 g/mol. The average Bonchev–Trinajstić information content (AvgIpc) is 2.84. The fourth-order valence-corrected chi connectivity index (χ4v) is 6.80. The number of nitrogens with one attached hydrogen (secondary N) is 1. The molecule has 2 aliphatic heterocycles. The number of hydrogen-bond donors (Lipinski definition) is 2. The van der Waals surface area contributed by atoms with Crippen LogP contribution in [0.3, 0.4) is 0 Å². The van der Waals surface area contributed by atoms with E-state index in [1.54, 1.807) is 0 Å². The highest BCUT2D eigenvalue weighted by Crippen LogP contribution is 2.51. The van der Waals surface area contributed by atoms with E-state index in [0.29, 0.717) is 19.4 Å². The summed E-state index contributed by atoms with van der Waals surface area (Å²) in [6.45, 7) is 13.2. The normalized spacial score (nSPS) is 29.1. The van der Waals surface area contributed by atoms with Crippen molar-refractivity contribution in [2.45, 2.75) is 154 Å². The van der Waals surface area contributed by atoms with E-state index in [4.69, 9.17) is 4.74 Å². The van der Waals surface area contributed by atoms with Gasteiger partial charge in [0.15, 0.2) is 5.60 Å². The Morgan fingerprint density at radius 1 is 0.875 bits per heavy atom.